The maximum Gasteiger partial charge on any atom is 0.238 e. The third-order valence-corrected chi connectivity index (χ3v) is 5.53. The smallest absolute Gasteiger partial charge is 0.238 e. The van der Waals surface area contributed by atoms with Crippen LogP contribution in [0.1, 0.15) is 22.4 Å². The summed E-state index contributed by atoms with van der Waals surface area (Å²) in [6.07, 6.45) is 1.37. The number of hydrogen-bond acceptors (Lipinski definition) is 5. The van der Waals surface area contributed by atoms with Gasteiger partial charge in [0.2, 0.25) is 16.0 Å². The maximum atomic E-state index is 11.3. The van der Waals surface area contributed by atoms with Crippen LogP contribution in [-0.2, 0) is 22.9 Å². The van der Waals surface area contributed by atoms with Crippen molar-refractivity contribution >= 4 is 16.0 Å². The van der Waals surface area contributed by atoms with Crippen LogP contribution in [0.5, 0.6) is 0 Å². The van der Waals surface area contributed by atoms with Crippen LogP contribution in [0.4, 0.5) is 5.95 Å². The third-order valence-electron chi connectivity index (χ3n) is 4.60. The first-order valence-electron chi connectivity index (χ1n) is 8.56. The largest absolute Gasteiger partial charge is 0.368 e. The minimum absolute atomic E-state index is 0.106. The van der Waals surface area contributed by atoms with Crippen LogP contribution in [0.3, 0.4) is 0 Å². The number of sulfonamides is 1. The normalized spacial score (nSPS) is 11.5. The topological polar surface area (TPSA) is 112 Å². The first-order chi connectivity index (χ1) is 12.7. The molecule has 1 heterocycles. The number of nitrogens with two attached hydrogens (primary N) is 2. The number of rotatable bonds is 5. The monoisotopic (exact) mass is 382 g/mol. The summed E-state index contributed by atoms with van der Waals surface area (Å²) in [6, 6.07) is 14.6. The summed E-state index contributed by atoms with van der Waals surface area (Å²) in [5, 5.41) is 5.12. The van der Waals surface area contributed by atoms with E-state index < -0.39 is 10.0 Å². The number of primary sulfonamides is 1. The minimum Gasteiger partial charge on any atom is -0.368 e. The van der Waals surface area contributed by atoms with Crippen molar-refractivity contribution in [3.8, 4) is 11.3 Å². The molecule has 0 saturated heterocycles. The molecule has 0 unspecified atom stereocenters. The molecule has 1 aromatic heterocycles. The summed E-state index contributed by atoms with van der Waals surface area (Å²) in [4.78, 5) is 8.83. The average molecular weight is 382 g/mol. The molecule has 0 aliphatic heterocycles. The van der Waals surface area contributed by atoms with Gasteiger partial charge in [-0.3, -0.25) is 0 Å². The lowest BCUT2D eigenvalue weighted by Crippen LogP contribution is -2.12. The van der Waals surface area contributed by atoms with Crippen LogP contribution in [0.2, 0.25) is 0 Å². The molecule has 27 heavy (non-hydrogen) atoms. The zero-order chi connectivity index (χ0) is 19.6. The van der Waals surface area contributed by atoms with Crippen LogP contribution < -0.4 is 10.9 Å². The quantitative estimate of drug-likeness (QED) is 0.705. The number of benzene rings is 2. The van der Waals surface area contributed by atoms with Gasteiger partial charge in [-0.15, -0.1) is 0 Å². The van der Waals surface area contributed by atoms with Gasteiger partial charge in [0.1, 0.15) is 0 Å². The number of aromatic nitrogens is 2. The standard InChI is InChI=1S/C20H22N4O2S/c1-13-4-3-5-18(14(13)2)19-12-16(23-20(21)24-19)9-6-15-7-10-17(11-8-15)27(22,25)26/h3-5,7-8,10-12H,6,9H2,1-2H3,(H2,21,23,24)(H2,22,25,26). The molecule has 0 amide bonds. The van der Waals surface area contributed by atoms with Crippen molar-refractivity contribution in [2.24, 2.45) is 5.14 Å². The highest BCUT2D eigenvalue weighted by atomic mass is 32.2. The molecular formula is C20H22N4O2S. The van der Waals surface area contributed by atoms with Gasteiger partial charge in [0.25, 0.3) is 0 Å². The van der Waals surface area contributed by atoms with E-state index in [4.69, 9.17) is 10.9 Å². The van der Waals surface area contributed by atoms with Gasteiger partial charge in [-0.1, -0.05) is 30.3 Å². The number of hydrogen-bond donors (Lipinski definition) is 2. The Bertz CT molecular complexity index is 1080. The van der Waals surface area contributed by atoms with E-state index in [0.29, 0.717) is 12.8 Å². The van der Waals surface area contributed by atoms with Crippen LogP contribution in [0.15, 0.2) is 53.4 Å². The van der Waals surface area contributed by atoms with Crippen molar-refractivity contribution in [2.75, 3.05) is 5.73 Å². The fraction of sp³-hybridized carbons (Fsp3) is 0.200. The molecule has 0 bridgehead atoms. The van der Waals surface area contributed by atoms with Crippen LogP contribution in [0.25, 0.3) is 11.3 Å². The van der Waals surface area contributed by atoms with Crippen LogP contribution >= 0.6 is 0 Å². The fourth-order valence-electron chi connectivity index (χ4n) is 2.93. The van der Waals surface area contributed by atoms with E-state index in [1.165, 1.54) is 23.3 Å². The second-order valence-electron chi connectivity index (χ2n) is 6.54. The number of aryl methyl sites for hydroxylation is 3. The van der Waals surface area contributed by atoms with E-state index in [2.05, 4.69) is 29.9 Å². The molecule has 2 aromatic carbocycles. The van der Waals surface area contributed by atoms with Gasteiger partial charge in [-0.25, -0.2) is 23.5 Å². The number of nitrogen functional groups attached to an aromatic ring is 1. The SMILES string of the molecule is Cc1cccc(-c2cc(CCc3ccc(S(N)(=O)=O)cc3)nc(N)n2)c1C. The Balaban J connectivity index is 1.82. The summed E-state index contributed by atoms with van der Waals surface area (Å²) >= 11 is 0. The Kier molecular flexibility index (Phi) is 5.25. The second-order valence-corrected chi connectivity index (χ2v) is 8.10. The Morgan fingerprint density at radius 1 is 0.963 bits per heavy atom. The summed E-state index contributed by atoms with van der Waals surface area (Å²) < 4.78 is 22.7. The van der Waals surface area contributed by atoms with Crippen molar-refractivity contribution in [3.05, 3.63) is 70.9 Å². The van der Waals surface area contributed by atoms with Crippen molar-refractivity contribution in [1.82, 2.24) is 9.97 Å². The van der Waals surface area contributed by atoms with Crippen LogP contribution in [-0.4, -0.2) is 18.4 Å². The second kappa shape index (κ2) is 7.46. The van der Waals surface area contributed by atoms with Crippen molar-refractivity contribution < 1.29 is 8.42 Å². The zero-order valence-corrected chi connectivity index (χ0v) is 16.1. The number of anilines is 1. The van der Waals surface area contributed by atoms with Crippen molar-refractivity contribution in [3.63, 3.8) is 0 Å². The lowest BCUT2D eigenvalue weighted by molar-refractivity contribution is 0.597. The predicted molar refractivity (Wildman–Crippen MR) is 107 cm³/mol. The maximum absolute atomic E-state index is 11.3. The molecule has 0 aliphatic rings. The lowest BCUT2D eigenvalue weighted by atomic mass is 10.00. The highest BCUT2D eigenvalue weighted by Gasteiger charge is 2.10. The van der Waals surface area contributed by atoms with E-state index in [1.54, 1.807) is 12.1 Å². The summed E-state index contributed by atoms with van der Waals surface area (Å²) in [5.41, 5.74) is 12.0. The van der Waals surface area contributed by atoms with Gasteiger partial charge in [0.15, 0.2) is 0 Å². The molecule has 0 aliphatic carbocycles. The van der Waals surface area contributed by atoms with Gasteiger partial charge >= 0.3 is 0 Å². The van der Waals surface area contributed by atoms with Gasteiger partial charge in [-0.2, -0.15) is 0 Å². The fourth-order valence-corrected chi connectivity index (χ4v) is 3.45. The molecule has 4 N–H and O–H groups in total. The summed E-state index contributed by atoms with van der Waals surface area (Å²) in [7, 11) is -3.67. The van der Waals surface area contributed by atoms with E-state index in [1.807, 2.05) is 18.2 Å². The first kappa shape index (κ1) is 19.0. The molecule has 0 atom stereocenters. The van der Waals surface area contributed by atoms with E-state index >= 15 is 0 Å². The summed E-state index contributed by atoms with van der Waals surface area (Å²) in [5.74, 6) is 0.243. The molecular weight excluding hydrogens is 360 g/mol. The summed E-state index contributed by atoms with van der Waals surface area (Å²) in [6.45, 7) is 4.13. The molecule has 7 heteroatoms. The minimum atomic E-state index is -3.67. The predicted octanol–water partition coefficient (Wildman–Crippen LogP) is 2.78. The first-order valence-corrected chi connectivity index (χ1v) is 10.1. The van der Waals surface area contributed by atoms with Gasteiger partial charge < -0.3 is 5.73 Å². The molecule has 0 fully saturated rings. The highest BCUT2D eigenvalue weighted by molar-refractivity contribution is 7.89. The highest BCUT2D eigenvalue weighted by Crippen LogP contribution is 2.25. The van der Waals surface area contributed by atoms with E-state index in [9.17, 15) is 8.42 Å². The van der Waals surface area contributed by atoms with E-state index in [0.717, 1.165) is 22.5 Å². The number of nitrogens with zero attached hydrogens (tertiary/aromatic N) is 2. The van der Waals surface area contributed by atoms with Gasteiger partial charge in [0.05, 0.1) is 10.6 Å². The molecule has 0 spiro atoms. The van der Waals surface area contributed by atoms with Gasteiger partial charge in [0, 0.05) is 11.3 Å². The van der Waals surface area contributed by atoms with Crippen molar-refractivity contribution in [2.45, 2.75) is 31.6 Å². The molecule has 3 aromatic rings. The van der Waals surface area contributed by atoms with Crippen molar-refractivity contribution in [1.29, 1.82) is 0 Å². The van der Waals surface area contributed by atoms with Gasteiger partial charge in [-0.05, 0) is 61.6 Å². The Morgan fingerprint density at radius 2 is 1.67 bits per heavy atom. The Hall–Kier alpha value is -2.77. The molecule has 140 valence electrons. The molecule has 6 nitrogen and oxygen atoms in total. The van der Waals surface area contributed by atoms with Crippen LogP contribution in [0, 0.1) is 13.8 Å². The van der Waals surface area contributed by atoms with E-state index in [-0.39, 0.29) is 10.8 Å². The molecule has 3 rings (SSSR count). The Labute approximate surface area is 159 Å². The average Bonchev–Trinajstić information content (AvgIpc) is 2.61. The zero-order valence-electron chi connectivity index (χ0n) is 15.3. The Morgan fingerprint density at radius 3 is 2.33 bits per heavy atom. The third kappa shape index (κ3) is 4.50. The molecule has 0 saturated carbocycles. The molecule has 0 radical (unpaired) electrons. The lowest BCUT2D eigenvalue weighted by Gasteiger charge is -2.10.